The molecule has 0 aliphatic carbocycles. The van der Waals surface area contributed by atoms with Gasteiger partial charge in [0.15, 0.2) is 5.76 Å². The number of anilines is 2. The number of furan rings is 1. The van der Waals surface area contributed by atoms with Crippen molar-refractivity contribution >= 4 is 23.2 Å². The normalized spacial score (nSPS) is 10.5. The maximum Gasteiger partial charge on any atom is 0.291 e. The summed E-state index contributed by atoms with van der Waals surface area (Å²) in [5.74, 6) is -0.510. The molecule has 31 heavy (non-hydrogen) atoms. The van der Waals surface area contributed by atoms with Gasteiger partial charge in [0, 0.05) is 29.2 Å². The summed E-state index contributed by atoms with van der Waals surface area (Å²) in [5, 5.41) is 5.53. The molecule has 0 saturated heterocycles. The van der Waals surface area contributed by atoms with E-state index in [4.69, 9.17) is 4.42 Å². The van der Waals surface area contributed by atoms with Gasteiger partial charge in [-0.1, -0.05) is 24.3 Å². The standard InChI is InChI=1S/C24H19N3O4/c28-22-8-1-2-13-27(22)16-17-9-11-19(12-10-17)25-23(29)18-5-3-6-20(15-18)26-24(30)21-7-4-14-31-21/h1-15H,16H2,(H,25,29)(H,26,30). The molecular formula is C24H19N3O4. The monoisotopic (exact) mass is 413 g/mol. The quantitative estimate of drug-likeness (QED) is 0.500. The van der Waals surface area contributed by atoms with Crippen molar-refractivity contribution in [2.45, 2.75) is 6.54 Å². The highest BCUT2D eigenvalue weighted by atomic mass is 16.3. The van der Waals surface area contributed by atoms with Gasteiger partial charge in [-0.15, -0.1) is 0 Å². The highest BCUT2D eigenvalue weighted by Gasteiger charge is 2.11. The molecule has 0 spiro atoms. The molecule has 2 heterocycles. The van der Waals surface area contributed by atoms with Crippen molar-refractivity contribution in [1.82, 2.24) is 4.57 Å². The molecule has 2 N–H and O–H groups in total. The number of amides is 2. The molecule has 0 saturated carbocycles. The van der Waals surface area contributed by atoms with Crippen LogP contribution in [0.1, 0.15) is 26.5 Å². The number of nitrogens with zero attached hydrogens (tertiary/aromatic N) is 1. The lowest BCUT2D eigenvalue weighted by Crippen LogP contribution is -2.18. The number of hydrogen-bond acceptors (Lipinski definition) is 4. The third-order valence-corrected chi connectivity index (χ3v) is 4.59. The second kappa shape index (κ2) is 8.96. The second-order valence-electron chi connectivity index (χ2n) is 6.83. The molecule has 4 aromatic rings. The highest BCUT2D eigenvalue weighted by molar-refractivity contribution is 6.06. The Balaban J connectivity index is 1.40. The van der Waals surface area contributed by atoms with E-state index >= 15 is 0 Å². The number of nitrogens with one attached hydrogen (secondary N) is 2. The van der Waals surface area contributed by atoms with E-state index in [2.05, 4.69) is 10.6 Å². The molecule has 0 bridgehead atoms. The minimum Gasteiger partial charge on any atom is -0.459 e. The van der Waals surface area contributed by atoms with Gasteiger partial charge in [0.2, 0.25) is 0 Å². The Morgan fingerprint density at radius 3 is 2.35 bits per heavy atom. The summed E-state index contributed by atoms with van der Waals surface area (Å²) in [6.07, 6.45) is 3.15. The van der Waals surface area contributed by atoms with Crippen molar-refractivity contribution in [2.24, 2.45) is 0 Å². The van der Waals surface area contributed by atoms with Gasteiger partial charge in [-0.2, -0.15) is 0 Å². The third-order valence-electron chi connectivity index (χ3n) is 4.59. The molecule has 7 heteroatoms. The predicted molar refractivity (Wildman–Crippen MR) is 117 cm³/mol. The van der Waals surface area contributed by atoms with Crippen molar-refractivity contribution in [3.8, 4) is 0 Å². The Labute approximate surface area is 178 Å². The summed E-state index contributed by atoms with van der Waals surface area (Å²) in [4.78, 5) is 36.5. The van der Waals surface area contributed by atoms with Crippen LogP contribution in [-0.4, -0.2) is 16.4 Å². The van der Waals surface area contributed by atoms with E-state index in [0.29, 0.717) is 23.5 Å². The van der Waals surface area contributed by atoms with E-state index in [1.807, 2.05) is 12.1 Å². The van der Waals surface area contributed by atoms with Gasteiger partial charge in [-0.25, -0.2) is 0 Å². The molecule has 0 aliphatic heterocycles. The van der Waals surface area contributed by atoms with E-state index in [-0.39, 0.29) is 17.2 Å². The van der Waals surface area contributed by atoms with Crippen molar-refractivity contribution in [3.05, 3.63) is 119 Å². The second-order valence-corrected chi connectivity index (χ2v) is 6.83. The smallest absolute Gasteiger partial charge is 0.291 e. The first-order valence-corrected chi connectivity index (χ1v) is 9.59. The van der Waals surface area contributed by atoms with Crippen LogP contribution >= 0.6 is 0 Å². The predicted octanol–water partition coefficient (Wildman–Crippen LogP) is 3.99. The van der Waals surface area contributed by atoms with Gasteiger partial charge in [-0.05, 0) is 54.1 Å². The zero-order chi connectivity index (χ0) is 21.6. The molecule has 0 aliphatic rings. The van der Waals surface area contributed by atoms with Crippen LogP contribution in [0.15, 0.2) is 101 Å². The van der Waals surface area contributed by atoms with Crippen LogP contribution in [0.3, 0.4) is 0 Å². The third kappa shape index (κ3) is 4.97. The summed E-state index contributed by atoms with van der Waals surface area (Å²) in [6, 6.07) is 22.1. The van der Waals surface area contributed by atoms with Gasteiger partial charge in [0.05, 0.1) is 12.8 Å². The van der Waals surface area contributed by atoms with Gasteiger partial charge in [0.1, 0.15) is 0 Å². The van der Waals surface area contributed by atoms with Crippen molar-refractivity contribution < 1.29 is 14.0 Å². The van der Waals surface area contributed by atoms with Gasteiger partial charge < -0.3 is 19.6 Å². The lowest BCUT2D eigenvalue weighted by molar-refractivity contribution is 0.0993. The van der Waals surface area contributed by atoms with Crippen molar-refractivity contribution in [1.29, 1.82) is 0 Å². The van der Waals surface area contributed by atoms with Crippen molar-refractivity contribution in [3.63, 3.8) is 0 Å². The van der Waals surface area contributed by atoms with E-state index in [1.54, 1.807) is 71.4 Å². The number of aromatic nitrogens is 1. The van der Waals surface area contributed by atoms with E-state index in [0.717, 1.165) is 5.56 Å². The van der Waals surface area contributed by atoms with Crippen LogP contribution in [0.25, 0.3) is 0 Å². The van der Waals surface area contributed by atoms with Crippen LogP contribution < -0.4 is 16.2 Å². The van der Waals surface area contributed by atoms with Gasteiger partial charge in [-0.3, -0.25) is 14.4 Å². The summed E-state index contributed by atoms with van der Waals surface area (Å²) in [6.45, 7) is 0.450. The molecule has 7 nitrogen and oxygen atoms in total. The molecular weight excluding hydrogens is 394 g/mol. The largest absolute Gasteiger partial charge is 0.459 e. The summed E-state index contributed by atoms with van der Waals surface area (Å²) < 4.78 is 6.67. The Hall–Kier alpha value is -4.39. The molecule has 0 unspecified atom stereocenters. The van der Waals surface area contributed by atoms with E-state index < -0.39 is 5.91 Å². The minimum absolute atomic E-state index is 0.0705. The van der Waals surface area contributed by atoms with Crippen molar-refractivity contribution in [2.75, 3.05) is 10.6 Å². The Kier molecular flexibility index (Phi) is 5.75. The molecule has 2 aromatic heterocycles. The Morgan fingerprint density at radius 1 is 0.806 bits per heavy atom. The molecule has 154 valence electrons. The zero-order valence-corrected chi connectivity index (χ0v) is 16.4. The molecule has 0 radical (unpaired) electrons. The van der Waals surface area contributed by atoms with E-state index in [9.17, 15) is 14.4 Å². The maximum atomic E-state index is 12.6. The Morgan fingerprint density at radius 2 is 1.61 bits per heavy atom. The first-order valence-electron chi connectivity index (χ1n) is 9.59. The number of carbonyl (C=O) groups is 2. The number of pyridine rings is 1. The van der Waals surface area contributed by atoms with Crippen LogP contribution in [-0.2, 0) is 6.54 Å². The van der Waals surface area contributed by atoms with E-state index in [1.165, 1.54) is 12.3 Å². The number of carbonyl (C=O) groups excluding carboxylic acids is 2. The highest BCUT2D eigenvalue weighted by Crippen LogP contribution is 2.16. The lowest BCUT2D eigenvalue weighted by Gasteiger charge is -2.09. The summed E-state index contributed by atoms with van der Waals surface area (Å²) >= 11 is 0. The maximum absolute atomic E-state index is 12.6. The number of hydrogen-bond donors (Lipinski definition) is 2. The molecule has 0 fully saturated rings. The van der Waals surface area contributed by atoms with Crippen LogP contribution in [0.2, 0.25) is 0 Å². The van der Waals surface area contributed by atoms with Gasteiger partial charge in [0.25, 0.3) is 17.4 Å². The number of rotatable bonds is 6. The topological polar surface area (TPSA) is 93.3 Å². The molecule has 2 aromatic carbocycles. The first-order chi connectivity index (χ1) is 15.1. The Bertz CT molecular complexity index is 1260. The fourth-order valence-corrected chi connectivity index (χ4v) is 3.02. The van der Waals surface area contributed by atoms with Crippen LogP contribution in [0, 0.1) is 0 Å². The average Bonchev–Trinajstić information content (AvgIpc) is 3.32. The van der Waals surface area contributed by atoms with Crippen LogP contribution in [0.4, 0.5) is 11.4 Å². The fourth-order valence-electron chi connectivity index (χ4n) is 3.02. The molecule has 0 atom stereocenters. The van der Waals surface area contributed by atoms with Gasteiger partial charge >= 0.3 is 0 Å². The minimum atomic E-state index is -0.393. The SMILES string of the molecule is O=C(Nc1ccc(Cn2ccccc2=O)cc1)c1cccc(NC(=O)c2ccco2)c1. The summed E-state index contributed by atoms with van der Waals surface area (Å²) in [5.41, 5.74) is 2.38. The lowest BCUT2D eigenvalue weighted by atomic mass is 10.1. The molecule has 2 amide bonds. The first kappa shape index (κ1) is 19.9. The number of benzene rings is 2. The van der Waals surface area contributed by atoms with Crippen LogP contribution in [0.5, 0.6) is 0 Å². The average molecular weight is 413 g/mol. The fraction of sp³-hybridized carbons (Fsp3) is 0.0417. The molecule has 4 rings (SSSR count). The zero-order valence-electron chi connectivity index (χ0n) is 16.4. The summed E-state index contributed by atoms with van der Waals surface area (Å²) in [7, 11) is 0.